The SMILES string of the molecule is COC(=O)[C@@H](Cc1cnn(C(F)F)c1)N1CC[C@@]2(C[C@@H]2c2ccc(-c3cnc4nn(C)cc4c3)cc2Cl)C1=O. The molecule has 9 nitrogen and oxygen atoms in total. The van der Waals surface area contributed by atoms with Crippen LogP contribution in [0.2, 0.25) is 5.02 Å². The number of hydrogen-bond donors (Lipinski definition) is 0. The van der Waals surface area contributed by atoms with Crippen molar-refractivity contribution in [3.8, 4) is 11.1 Å². The van der Waals surface area contributed by atoms with Crippen molar-refractivity contribution in [2.45, 2.75) is 37.8 Å². The van der Waals surface area contributed by atoms with E-state index in [9.17, 15) is 18.4 Å². The van der Waals surface area contributed by atoms with Crippen molar-refractivity contribution in [1.29, 1.82) is 0 Å². The van der Waals surface area contributed by atoms with Gasteiger partial charge in [0.2, 0.25) is 5.91 Å². The Morgan fingerprint density at radius 3 is 2.77 bits per heavy atom. The van der Waals surface area contributed by atoms with Crippen LogP contribution in [0.3, 0.4) is 0 Å². The highest BCUT2D eigenvalue weighted by Gasteiger charge is 2.65. The summed E-state index contributed by atoms with van der Waals surface area (Å²) >= 11 is 6.75. The maximum atomic E-state index is 13.7. The van der Waals surface area contributed by atoms with Crippen molar-refractivity contribution >= 4 is 34.5 Å². The molecule has 1 saturated heterocycles. The van der Waals surface area contributed by atoms with Crippen molar-refractivity contribution in [3.63, 3.8) is 0 Å². The van der Waals surface area contributed by atoms with Gasteiger partial charge in [-0.2, -0.15) is 19.0 Å². The number of nitrogens with zero attached hydrogens (tertiary/aromatic N) is 6. The third-order valence-corrected chi connectivity index (χ3v) is 8.20. The summed E-state index contributed by atoms with van der Waals surface area (Å²) in [4.78, 5) is 32.3. The van der Waals surface area contributed by atoms with E-state index in [1.54, 1.807) is 10.9 Å². The minimum Gasteiger partial charge on any atom is -0.467 e. The molecule has 202 valence electrons. The summed E-state index contributed by atoms with van der Waals surface area (Å²) in [6.45, 7) is -2.42. The van der Waals surface area contributed by atoms with Crippen LogP contribution in [0.25, 0.3) is 22.2 Å². The predicted molar refractivity (Wildman–Crippen MR) is 138 cm³/mol. The van der Waals surface area contributed by atoms with E-state index in [0.717, 1.165) is 22.1 Å². The molecule has 0 bridgehead atoms. The lowest BCUT2D eigenvalue weighted by molar-refractivity contribution is -0.152. The van der Waals surface area contributed by atoms with Crippen molar-refractivity contribution < 1.29 is 23.1 Å². The molecule has 2 aliphatic rings. The average molecular weight is 555 g/mol. The summed E-state index contributed by atoms with van der Waals surface area (Å²) in [5.41, 5.74) is 3.16. The standard InChI is InChI=1S/C27H25ClF2N6O3/c1-34-14-18-8-17(12-31-23(18)33-34)16-3-4-19(21(28)9-16)20-10-27(20)5-6-35(25(27)38)22(24(37)39-2)7-15-11-32-36(13-15)26(29)30/h3-4,8-9,11-14,20,22,26H,5-7,10H2,1-2H3/t20-,22-,27+/m1/s1. The number of aryl methyl sites for hydroxylation is 1. The molecule has 0 unspecified atom stereocenters. The number of rotatable bonds is 7. The number of ether oxygens (including phenoxy) is 1. The summed E-state index contributed by atoms with van der Waals surface area (Å²) in [5, 5.41) is 9.43. The van der Waals surface area contributed by atoms with Gasteiger partial charge in [0.15, 0.2) is 5.65 Å². The number of carbonyl (C=O) groups excluding carboxylic acids is 2. The number of fused-ring (bicyclic) bond motifs is 1. The first-order valence-electron chi connectivity index (χ1n) is 12.5. The molecule has 0 N–H and O–H groups in total. The molecule has 3 atom stereocenters. The summed E-state index contributed by atoms with van der Waals surface area (Å²) in [7, 11) is 3.09. The Labute approximate surface area is 227 Å². The Hall–Kier alpha value is -3.86. The van der Waals surface area contributed by atoms with Crippen LogP contribution < -0.4 is 0 Å². The van der Waals surface area contributed by atoms with Gasteiger partial charge in [0, 0.05) is 60.5 Å². The second-order valence-electron chi connectivity index (χ2n) is 10.2. The zero-order valence-corrected chi connectivity index (χ0v) is 22.0. The van der Waals surface area contributed by atoms with Gasteiger partial charge in [-0.15, -0.1) is 0 Å². The number of halogens is 3. The van der Waals surface area contributed by atoms with Crippen LogP contribution in [0.1, 0.15) is 36.4 Å². The van der Waals surface area contributed by atoms with Gasteiger partial charge in [-0.05, 0) is 41.7 Å². The van der Waals surface area contributed by atoms with Crippen LogP contribution in [-0.2, 0) is 27.8 Å². The summed E-state index contributed by atoms with van der Waals surface area (Å²) in [5.74, 6) is -0.810. The molecule has 6 rings (SSSR count). The molecule has 4 heterocycles. The van der Waals surface area contributed by atoms with Crippen LogP contribution in [0.15, 0.2) is 49.1 Å². The van der Waals surface area contributed by atoms with Gasteiger partial charge in [-0.1, -0.05) is 23.7 Å². The van der Waals surface area contributed by atoms with Crippen molar-refractivity contribution in [2.75, 3.05) is 13.7 Å². The molecule has 1 aliphatic carbocycles. The monoisotopic (exact) mass is 554 g/mol. The highest BCUT2D eigenvalue weighted by molar-refractivity contribution is 6.31. The van der Waals surface area contributed by atoms with Crippen molar-refractivity contribution in [3.05, 3.63) is 65.2 Å². The van der Waals surface area contributed by atoms with Crippen LogP contribution in [0, 0.1) is 5.41 Å². The van der Waals surface area contributed by atoms with Gasteiger partial charge < -0.3 is 9.64 Å². The Balaban J connectivity index is 1.21. The number of carbonyl (C=O) groups is 2. The second-order valence-corrected chi connectivity index (χ2v) is 10.6. The lowest BCUT2D eigenvalue weighted by atomic mass is 9.95. The Morgan fingerprint density at radius 2 is 2.05 bits per heavy atom. The van der Waals surface area contributed by atoms with Crippen LogP contribution in [0.4, 0.5) is 8.78 Å². The molecule has 0 radical (unpaired) electrons. The Bertz CT molecular complexity index is 1600. The molecule has 1 amide bonds. The minimum absolute atomic E-state index is 0.0383. The topological polar surface area (TPSA) is 95.1 Å². The number of hydrogen-bond acceptors (Lipinski definition) is 6. The van der Waals surface area contributed by atoms with E-state index in [1.807, 2.05) is 37.5 Å². The lowest BCUT2D eigenvalue weighted by Gasteiger charge is -2.26. The fourth-order valence-electron chi connectivity index (χ4n) is 5.79. The number of amides is 1. The molecule has 1 aliphatic heterocycles. The van der Waals surface area contributed by atoms with Crippen molar-refractivity contribution in [2.24, 2.45) is 12.5 Å². The minimum atomic E-state index is -2.79. The Morgan fingerprint density at radius 1 is 1.23 bits per heavy atom. The fourth-order valence-corrected chi connectivity index (χ4v) is 6.10. The molecule has 1 spiro atoms. The smallest absolute Gasteiger partial charge is 0.333 e. The molecular weight excluding hydrogens is 530 g/mol. The van der Waals surface area contributed by atoms with Gasteiger partial charge in [0.25, 0.3) is 0 Å². The zero-order chi connectivity index (χ0) is 27.5. The molecule has 39 heavy (non-hydrogen) atoms. The first-order chi connectivity index (χ1) is 18.7. The molecule has 2 fully saturated rings. The largest absolute Gasteiger partial charge is 0.467 e. The maximum absolute atomic E-state index is 13.7. The zero-order valence-electron chi connectivity index (χ0n) is 21.2. The summed E-state index contributed by atoms with van der Waals surface area (Å²) < 4.78 is 33.1. The number of benzene rings is 1. The second kappa shape index (κ2) is 9.41. The number of methoxy groups -OCH3 is 1. The number of alkyl halides is 2. The van der Waals surface area contributed by atoms with Crippen molar-refractivity contribution in [1.82, 2.24) is 29.4 Å². The quantitative estimate of drug-likeness (QED) is 0.315. The van der Waals surface area contributed by atoms with Crippen LogP contribution in [0.5, 0.6) is 0 Å². The molecule has 4 aromatic rings. The third-order valence-electron chi connectivity index (χ3n) is 7.88. The van der Waals surface area contributed by atoms with Gasteiger partial charge >= 0.3 is 12.5 Å². The molecule has 12 heteroatoms. The van der Waals surface area contributed by atoms with E-state index in [-0.39, 0.29) is 18.2 Å². The van der Waals surface area contributed by atoms with E-state index >= 15 is 0 Å². The first kappa shape index (κ1) is 25.4. The van der Waals surface area contributed by atoms with E-state index in [4.69, 9.17) is 16.3 Å². The van der Waals surface area contributed by atoms with Gasteiger partial charge in [-0.3, -0.25) is 9.48 Å². The van der Waals surface area contributed by atoms with Crippen LogP contribution in [-0.4, -0.2) is 61.0 Å². The fraction of sp³-hybridized carbons (Fsp3) is 0.370. The number of pyridine rings is 1. The average Bonchev–Trinajstić information content (AvgIpc) is 3.18. The molecule has 1 saturated carbocycles. The highest BCUT2D eigenvalue weighted by atomic mass is 35.5. The number of likely N-dealkylation sites (tertiary alicyclic amines) is 1. The summed E-state index contributed by atoms with van der Waals surface area (Å²) in [6.07, 6.45) is 7.36. The number of aromatic nitrogens is 5. The van der Waals surface area contributed by atoms with Crippen LogP contribution >= 0.6 is 11.6 Å². The molecule has 1 aromatic carbocycles. The third kappa shape index (κ3) is 4.34. The Kier molecular flexibility index (Phi) is 6.13. The van der Waals surface area contributed by atoms with E-state index < -0.39 is 24.0 Å². The molecular formula is C27H25ClF2N6O3. The van der Waals surface area contributed by atoms with Gasteiger partial charge in [0.1, 0.15) is 6.04 Å². The molecule has 3 aromatic heterocycles. The normalized spacial score (nSPS) is 21.3. The first-order valence-corrected chi connectivity index (χ1v) is 12.9. The highest BCUT2D eigenvalue weighted by Crippen LogP contribution is 2.66. The van der Waals surface area contributed by atoms with Gasteiger partial charge in [-0.25, -0.2) is 14.5 Å². The summed E-state index contributed by atoms with van der Waals surface area (Å²) in [6, 6.07) is 6.90. The van der Waals surface area contributed by atoms with E-state index in [0.29, 0.717) is 40.3 Å². The van der Waals surface area contributed by atoms with E-state index in [1.165, 1.54) is 24.4 Å². The lowest BCUT2D eigenvalue weighted by Crippen LogP contribution is -2.45. The maximum Gasteiger partial charge on any atom is 0.333 e. The van der Waals surface area contributed by atoms with Gasteiger partial charge in [0.05, 0.1) is 18.7 Å². The predicted octanol–water partition coefficient (Wildman–Crippen LogP) is 4.37. The number of esters is 1. The van der Waals surface area contributed by atoms with E-state index in [2.05, 4.69) is 15.2 Å².